The van der Waals surface area contributed by atoms with Crippen LogP contribution in [0.15, 0.2) is 48.5 Å². The molecule has 2 aromatic carbocycles. The fourth-order valence-electron chi connectivity index (χ4n) is 2.39. The van der Waals surface area contributed by atoms with E-state index in [1.54, 1.807) is 35.2 Å². The summed E-state index contributed by atoms with van der Waals surface area (Å²) in [7, 11) is 0. The van der Waals surface area contributed by atoms with E-state index in [9.17, 15) is 9.59 Å². The summed E-state index contributed by atoms with van der Waals surface area (Å²) in [5, 5.41) is 11.7. The number of anilines is 1. The number of carbonyl (C=O) groups is 2. The Hall–Kier alpha value is -3.13. The molecule has 2 rings (SSSR count). The first-order valence-electron chi connectivity index (χ1n) is 7.65. The highest BCUT2D eigenvalue weighted by Gasteiger charge is 2.13. The molecule has 0 radical (unpaired) electrons. The van der Waals surface area contributed by atoms with Gasteiger partial charge in [0.1, 0.15) is 0 Å². The van der Waals surface area contributed by atoms with Gasteiger partial charge in [-0.1, -0.05) is 18.2 Å². The molecular formula is C19H19N3O2. The molecular weight excluding hydrogens is 302 g/mol. The highest BCUT2D eigenvalue weighted by molar-refractivity contribution is 5.96. The number of nitrogens with zero attached hydrogens (tertiary/aromatic N) is 2. The lowest BCUT2D eigenvalue weighted by Crippen LogP contribution is -2.37. The van der Waals surface area contributed by atoms with Crippen molar-refractivity contribution in [1.82, 2.24) is 5.32 Å². The maximum Gasteiger partial charge on any atom is 0.251 e. The highest BCUT2D eigenvalue weighted by Crippen LogP contribution is 2.15. The molecule has 0 saturated heterocycles. The van der Waals surface area contributed by atoms with Crippen molar-refractivity contribution in [2.45, 2.75) is 13.8 Å². The van der Waals surface area contributed by atoms with Gasteiger partial charge in [0.2, 0.25) is 5.91 Å². The van der Waals surface area contributed by atoms with Crippen molar-refractivity contribution >= 4 is 17.5 Å². The molecule has 0 fully saturated rings. The maximum absolute atomic E-state index is 12.2. The Morgan fingerprint density at radius 3 is 2.38 bits per heavy atom. The summed E-state index contributed by atoms with van der Waals surface area (Å²) < 4.78 is 0. The van der Waals surface area contributed by atoms with E-state index in [0.717, 1.165) is 5.56 Å². The molecule has 1 N–H and O–H groups in total. The van der Waals surface area contributed by atoms with E-state index in [1.807, 2.05) is 31.2 Å². The van der Waals surface area contributed by atoms with E-state index in [2.05, 4.69) is 5.32 Å². The number of aryl methyl sites for hydroxylation is 1. The van der Waals surface area contributed by atoms with Gasteiger partial charge in [-0.25, -0.2) is 0 Å². The minimum atomic E-state index is -0.156. The van der Waals surface area contributed by atoms with Gasteiger partial charge in [0.25, 0.3) is 5.91 Å². The van der Waals surface area contributed by atoms with E-state index in [0.29, 0.717) is 29.9 Å². The van der Waals surface area contributed by atoms with Crippen LogP contribution in [-0.2, 0) is 4.79 Å². The third-order valence-electron chi connectivity index (χ3n) is 3.70. The highest BCUT2D eigenvalue weighted by atomic mass is 16.2. The average molecular weight is 321 g/mol. The van der Waals surface area contributed by atoms with Crippen LogP contribution in [0.1, 0.15) is 28.4 Å². The standard InChI is InChI=1S/C19H19N3O2/c1-14-5-3-4-6-18(14)19(24)21-11-12-22(15(2)23)17-9-7-16(13-20)8-10-17/h3-10H,11-12H2,1-2H3,(H,21,24). The molecule has 24 heavy (non-hydrogen) atoms. The van der Waals surface area contributed by atoms with Gasteiger partial charge in [-0.3, -0.25) is 9.59 Å². The van der Waals surface area contributed by atoms with Crippen molar-refractivity contribution in [3.63, 3.8) is 0 Å². The van der Waals surface area contributed by atoms with Crippen LogP contribution < -0.4 is 10.2 Å². The Kier molecular flexibility index (Phi) is 5.69. The van der Waals surface area contributed by atoms with Crippen LogP contribution in [0.3, 0.4) is 0 Å². The Morgan fingerprint density at radius 1 is 1.12 bits per heavy atom. The summed E-state index contributed by atoms with van der Waals surface area (Å²) in [4.78, 5) is 25.6. The number of nitrogens with one attached hydrogen (secondary N) is 1. The molecule has 0 heterocycles. The SMILES string of the molecule is CC(=O)N(CCNC(=O)c1ccccc1C)c1ccc(C#N)cc1. The Bertz CT molecular complexity index is 776. The first-order chi connectivity index (χ1) is 11.5. The zero-order chi connectivity index (χ0) is 17.5. The number of benzene rings is 2. The third-order valence-corrected chi connectivity index (χ3v) is 3.70. The van der Waals surface area contributed by atoms with E-state index in [4.69, 9.17) is 5.26 Å². The van der Waals surface area contributed by atoms with Crippen LogP contribution in [0.2, 0.25) is 0 Å². The van der Waals surface area contributed by atoms with Crippen LogP contribution >= 0.6 is 0 Å². The molecule has 0 aromatic heterocycles. The number of amides is 2. The molecule has 0 unspecified atom stereocenters. The summed E-state index contributed by atoms with van der Waals surface area (Å²) in [6, 6.07) is 16.2. The summed E-state index contributed by atoms with van der Waals surface area (Å²) in [5.74, 6) is -0.277. The molecule has 0 atom stereocenters. The van der Waals surface area contributed by atoms with Gasteiger partial charge in [-0.15, -0.1) is 0 Å². The zero-order valence-electron chi connectivity index (χ0n) is 13.7. The van der Waals surface area contributed by atoms with Crippen molar-refractivity contribution < 1.29 is 9.59 Å². The quantitative estimate of drug-likeness (QED) is 0.920. The lowest BCUT2D eigenvalue weighted by molar-refractivity contribution is -0.116. The number of hydrogen-bond acceptors (Lipinski definition) is 3. The second kappa shape index (κ2) is 7.93. The first kappa shape index (κ1) is 17.2. The minimum absolute atomic E-state index is 0.121. The van der Waals surface area contributed by atoms with Crippen LogP contribution in [0, 0.1) is 18.3 Å². The molecule has 2 aromatic rings. The van der Waals surface area contributed by atoms with E-state index >= 15 is 0 Å². The van der Waals surface area contributed by atoms with Gasteiger partial charge in [0, 0.05) is 31.3 Å². The topological polar surface area (TPSA) is 73.2 Å². The van der Waals surface area contributed by atoms with Crippen LogP contribution in [0.25, 0.3) is 0 Å². The minimum Gasteiger partial charge on any atom is -0.350 e. The fraction of sp³-hybridized carbons (Fsp3) is 0.211. The smallest absolute Gasteiger partial charge is 0.251 e. The third kappa shape index (κ3) is 4.20. The average Bonchev–Trinajstić information content (AvgIpc) is 2.59. The number of hydrogen-bond donors (Lipinski definition) is 1. The lowest BCUT2D eigenvalue weighted by atomic mass is 10.1. The van der Waals surface area contributed by atoms with E-state index in [-0.39, 0.29) is 11.8 Å². The maximum atomic E-state index is 12.2. The molecule has 122 valence electrons. The van der Waals surface area contributed by atoms with Crippen molar-refractivity contribution in [3.05, 3.63) is 65.2 Å². The van der Waals surface area contributed by atoms with Crippen molar-refractivity contribution in [3.8, 4) is 6.07 Å². The van der Waals surface area contributed by atoms with Crippen LogP contribution in [0.5, 0.6) is 0 Å². The van der Waals surface area contributed by atoms with Gasteiger partial charge in [-0.2, -0.15) is 5.26 Å². The Morgan fingerprint density at radius 2 is 1.79 bits per heavy atom. The zero-order valence-corrected chi connectivity index (χ0v) is 13.7. The normalized spacial score (nSPS) is 9.88. The molecule has 5 heteroatoms. The number of carbonyl (C=O) groups excluding carboxylic acids is 2. The monoisotopic (exact) mass is 321 g/mol. The van der Waals surface area contributed by atoms with Gasteiger partial charge < -0.3 is 10.2 Å². The van der Waals surface area contributed by atoms with E-state index < -0.39 is 0 Å². The van der Waals surface area contributed by atoms with Crippen molar-refractivity contribution in [2.75, 3.05) is 18.0 Å². The number of rotatable bonds is 5. The fourth-order valence-corrected chi connectivity index (χ4v) is 2.39. The summed E-state index contributed by atoms with van der Waals surface area (Å²) >= 11 is 0. The molecule has 0 aliphatic heterocycles. The van der Waals surface area contributed by atoms with Gasteiger partial charge in [0.15, 0.2) is 0 Å². The van der Waals surface area contributed by atoms with Gasteiger partial charge in [-0.05, 0) is 42.8 Å². The first-order valence-corrected chi connectivity index (χ1v) is 7.65. The molecule has 0 spiro atoms. The Balaban J connectivity index is 1.99. The van der Waals surface area contributed by atoms with Crippen LogP contribution in [0.4, 0.5) is 5.69 Å². The summed E-state index contributed by atoms with van der Waals surface area (Å²) in [6.07, 6.45) is 0. The van der Waals surface area contributed by atoms with E-state index in [1.165, 1.54) is 6.92 Å². The Labute approximate surface area is 141 Å². The largest absolute Gasteiger partial charge is 0.350 e. The van der Waals surface area contributed by atoms with Crippen molar-refractivity contribution in [1.29, 1.82) is 5.26 Å². The molecule has 0 saturated carbocycles. The second-order valence-electron chi connectivity index (χ2n) is 5.40. The molecule has 2 amide bonds. The van der Waals surface area contributed by atoms with Gasteiger partial charge in [0.05, 0.1) is 11.6 Å². The van der Waals surface area contributed by atoms with Crippen molar-refractivity contribution in [2.24, 2.45) is 0 Å². The molecule has 5 nitrogen and oxygen atoms in total. The van der Waals surface area contributed by atoms with Crippen LogP contribution in [-0.4, -0.2) is 24.9 Å². The second-order valence-corrected chi connectivity index (χ2v) is 5.40. The van der Waals surface area contributed by atoms with Gasteiger partial charge >= 0.3 is 0 Å². The predicted octanol–water partition coefficient (Wildman–Crippen LogP) is 2.65. The predicted molar refractivity (Wildman–Crippen MR) is 92.7 cm³/mol. The molecule has 0 aliphatic rings. The molecule has 0 bridgehead atoms. The lowest BCUT2D eigenvalue weighted by Gasteiger charge is -2.21. The molecule has 0 aliphatic carbocycles. The number of nitriles is 1. The summed E-state index contributed by atoms with van der Waals surface area (Å²) in [5.41, 5.74) is 2.78. The summed E-state index contributed by atoms with van der Waals surface area (Å²) in [6.45, 7) is 4.06.